The van der Waals surface area contributed by atoms with Gasteiger partial charge >= 0.3 is 25.7 Å². The number of phosphoric ester groups is 1. The number of allylic oxidation sites excluding steroid dienone is 14. The fourth-order valence-corrected chi connectivity index (χ4v) is 5.38. The van der Waals surface area contributed by atoms with Crippen LogP contribution in [-0.4, -0.2) is 59.9 Å². The van der Waals surface area contributed by atoms with Crippen LogP contribution >= 0.6 is 7.82 Å². The molecule has 12 heteroatoms. The van der Waals surface area contributed by atoms with Crippen LogP contribution in [0.1, 0.15) is 129 Å². The molecule has 0 fully saturated rings. The van der Waals surface area contributed by atoms with Gasteiger partial charge in [-0.05, 0) is 83.5 Å². The van der Waals surface area contributed by atoms with Crippen LogP contribution in [0.3, 0.4) is 0 Å². The zero-order chi connectivity index (χ0) is 40.0. The third-order valence-corrected chi connectivity index (χ3v) is 8.59. The van der Waals surface area contributed by atoms with Crippen LogP contribution in [0.25, 0.3) is 0 Å². The van der Waals surface area contributed by atoms with E-state index in [4.69, 9.17) is 24.8 Å². The Bertz CT molecular complexity index is 1240. The van der Waals surface area contributed by atoms with Crippen LogP contribution in [0.4, 0.5) is 0 Å². The highest BCUT2D eigenvalue weighted by molar-refractivity contribution is 7.47. The fraction of sp³-hybridized carbons (Fsp3) is 0.595. The monoisotopic (exact) mass is 777 g/mol. The number of aliphatic carboxylic acids is 1. The standard InChI is InChI=1S/C42H68NO10P/c1-3-5-7-9-11-13-15-17-19-21-23-25-27-29-31-33-40(44)50-35-38(36-51-54(48,49)52-37-39(43)42(46)47)53-41(45)34-32-30-28-26-24-22-20-18-16-14-12-10-8-6-4-2/h5-8,11-14,17-20,23,25,38-39H,3-4,9-10,15-16,21-22,24,26-37,43H2,1-2H3,(H,46,47)(H,48,49)/b7-5-,8-6-,13-11-,14-12-,19-17-,20-18-,25-23-/t38-,39+/m1/s1. The molecule has 0 aromatic rings. The van der Waals surface area contributed by atoms with Crippen molar-refractivity contribution in [2.24, 2.45) is 5.73 Å². The molecule has 0 bridgehead atoms. The zero-order valence-corrected chi connectivity index (χ0v) is 33.7. The summed E-state index contributed by atoms with van der Waals surface area (Å²) < 4.78 is 32.5. The summed E-state index contributed by atoms with van der Waals surface area (Å²) in [7, 11) is -4.73. The molecule has 1 unspecified atom stereocenters. The Morgan fingerprint density at radius 3 is 1.50 bits per heavy atom. The Hall–Kier alpha value is -3.34. The van der Waals surface area contributed by atoms with Crippen LogP contribution in [0.15, 0.2) is 85.1 Å². The molecule has 4 N–H and O–H groups in total. The lowest BCUT2D eigenvalue weighted by atomic mass is 10.1. The van der Waals surface area contributed by atoms with Crippen LogP contribution < -0.4 is 5.73 Å². The normalized spacial score (nSPS) is 14.7. The van der Waals surface area contributed by atoms with Gasteiger partial charge < -0.3 is 25.2 Å². The predicted octanol–water partition coefficient (Wildman–Crippen LogP) is 9.94. The Kier molecular flexibility index (Phi) is 34.4. The van der Waals surface area contributed by atoms with Crippen molar-refractivity contribution in [3.8, 4) is 0 Å². The van der Waals surface area contributed by atoms with E-state index in [1.807, 2.05) is 0 Å². The van der Waals surface area contributed by atoms with Gasteiger partial charge in [0.15, 0.2) is 6.10 Å². The summed E-state index contributed by atoms with van der Waals surface area (Å²) in [5, 5.41) is 8.87. The van der Waals surface area contributed by atoms with Crippen molar-refractivity contribution < 1.29 is 47.5 Å². The van der Waals surface area contributed by atoms with Crippen LogP contribution in [-0.2, 0) is 37.5 Å². The number of carboxylic acid groups (broad SMARTS) is 1. The minimum Gasteiger partial charge on any atom is -0.480 e. The Balaban J connectivity index is 4.54. The number of ether oxygens (including phenoxy) is 2. The van der Waals surface area contributed by atoms with Gasteiger partial charge in [-0.1, -0.05) is 118 Å². The van der Waals surface area contributed by atoms with E-state index in [0.717, 1.165) is 89.9 Å². The van der Waals surface area contributed by atoms with Crippen LogP contribution in [0.5, 0.6) is 0 Å². The summed E-state index contributed by atoms with van der Waals surface area (Å²) in [6, 6.07) is -1.53. The van der Waals surface area contributed by atoms with E-state index in [-0.39, 0.29) is 19.4 Å². The van der Waals surface area contributed by atoms with Gasteiger partial charge in [-0.3, -0.25) is 23.4 Å². The molecular formula is C42H68NO10P. The number of hydrogen-bond donors (Lipinski definition) is 3. The van der Waals surface area contributed by atoms with Gasteiger partial charge in [-0.2, -0.15) is 0 Å². The first-order valence-corrected chi connectivity index (χ1v) is 21.1. The molecule has 0 aromatic carbocycles. The van der Waals surface area contributed by atoms with E-state index in [0.29, 0.717) is 12.8 Å². The molecule has 0 saturated heterocycles. The second-order valence-corrected chi connectivity index (χ2v) is 14.1. The van der Waals surface area contributed by atoms with E-state index in [2.05, 4.69) is 103 Å². The van der Waals surface area contributed by atoms with Gasteiger partial charge in [0.25, 0.3) is 0 Å². The number of esters is 2. The highest BCUT2D eigenvalue weighted by atomic mass is 31.2. The number of carbonyl (C=O) groups excluding carboxylic acids is 2. The molecule has 306 valence electrons. The molecule has 0 aliphatic carbocycles. The highest BCUT2D eigenvalue weighted by Crippen LogP contribution is 2.43. The molecule has 0 spiro atoms. The van der Waals surface area contributed by atoms with Gasteiger partial charge in [-0.15, -0.1) is 0 Å². The lowest BCUT2D eigenvalue weighted by Gasteiger charge is -2.20. The van der Waals surface area contributed by atoms with Crippen LogP contribution in [0, 0.1) is 0 Å². The molecular weight excluding hydrogens is 709 g/mol. The number of phosphoric acid groups is 1. The average molecular weight is 778 g/mol. The van der Waals surface area contributed by atoms with Gasteiger partial charge in [0.05, 0.1) is 13.2 Å². The SMILES string of the molecule is CC/C=C\C/C=C\C/C=C\C/C=C\CCCCC(=O)OC[C@H](COP(=O)(O)OC[C@H](N)C(=O)O)OC(=O)CCCCCCC/C=C\C/C=C\C/C=C\CC. The largest absolute Gasteiger partial charge is 0.480 e. The Morgan fingerprint density at radius 1 is 0.574 bits per heavy atom. The summed E-state index contributed by atoms with van der Waals surface area (Å²) in [5.41, 5.74) is 5.32. The van der Waals surface area contributed by atoms with Crippen LogP contribution in [0.2, 0.25) is 0 Å². The average Bonchev–Trinajstić information content (AvgIpc) is 3.14. The first-order valence-electron chi connectivity index (χ1n) is 19.6. The maximum atomic E-state index is 12.6. The molecule has 0 rings (SSSR count). The number of hydrogen-bond acceptors (Lipinski definition) is 9. The lowest BCUT2D eigenvalue weighted by molar-refractivity contribution is -0.161. The van der Waals surface area contributed by atoms with Gasteiger partial charge in [0.2, 0.25) is 0 Å². The molecule has 0 saturated carbocycles. The van der Waals surface area contributed by atoms with Gasteiger partial charge in [0, 0.05) is 12.8 Å². The summed E-state index contributed by atoms with van der Waals surface area (Å²) in [6.07, 6.45) is 43.7. The van der Waals surface area contributed by atoms with Crippen molar-refractivity contribution in [1.29, 1.82) is 0 Å². The second kappa shape index (κ2) is 36.6. The predicted molar refractivity (Wildman–Crippen MR) is 217 cm³/mol. The number of carbonyl (C=O) groups is 3. The molecule has 0 aliphatic heterocycles. The topological polar surface area (TPSA) is 172 Å². The van der Waals surface area contributed by atoms with Gasteiger partial charge in [0.1, 0.15) is 12.6 Å². The summed E-state index contributed by atoms with van der Waals surface area (Å²) in [6.45, 7) is 2.48. The second-order valence-electron chi connectivity index (χ2n) is 12.6. The quantitative estimate of drug-likeness (QED) is 0.0242. The Morgan fingerprint density at radius 2 is 0.981 bits per heavy atom. The number of carboxylic acids is 1. The summed E-state index contributed by atoms with van der Waals surface area (Å²) in [5.74, 6) is -2.47. The first kappa shape index (κ1) is 50.7. The highest BCUT2D eigenvalue weighted by Gasteiger charge is 2.28. The van der Waals surface area contributed by atoms with Crippen molar-refractivity contribution in [3.63, 3.8) is 0 Å². The molecule has 0 aromatic heterocycles. The smallest absolute Gasteiger partial charge is 0.472 e. The molecule has 54 heavy (non-hydrogen) atoms. The minimum absolute atomic E-state index is 0.127. The van der Waals surface area contributed by atoms with Crippen molar-refractivity contribution in [2.75, 3.05) is 19.8 Å². The summed E-state index contributed by atoms with van der Waals surface area (Å²) >= 11 is 0. The van der Waals surface area contributed by atoms with E-state index in [1.54, 1.807) is 0 Å². The Labute approximate surface area is 324 Å². The first-order chi connectivity index (χ1) is 26.1. The molecule has 0 amide bonds. The number of nitrogens with two attached hydrogens (primary N) is 1. The van der Waals surface area contributed by atoms with Crippen molar-refractivity contribution in [3.05, 3.63) is 85.1 Å². The van der Waals surface area contributed by atoms with Gasteiger partial charge in [-0.25, -0.2) is 4.57 Å². The molecule has 0 heterocycles. The van der Waals surface area contributed by atoms with E-state index in [9.17, 15) is 23.8 Å². The number of rotatable bonds is 35. The third kappa shape index (κ3) is 35.7. The fourth-order valence-electron chi connectivity index (χ4n) is 4.60. The zero-order valence-electron chi connectivity index (χ0n) is 32.8. The van der Waals surface area contributed by atoms with Crippen molar-refractivity contribution in [2.45, 2.75) is 142 Å². The molecule has 11 nitrogen and oxygen atoms in total. The molecule has 0 aliphatic rings. The maximum Gasteiger partial charge on any atom is 0.472 e. The lowest BCUT2D eigenvalue weighted by Crippen LogP contribution is -2.34. The van der Waals surface area contributed by atoms with E-state index >= 15 is 0 Å². The third-order valence-electron chi connectivity index (χ3n) is 7.64. The van der Waals surface area contributed by atoms with Crippen molar-refractivity contribution >= 4 is 25.7 Å². The minimum atomic E-state index is -4.73. The van der Waals surface area contributed by atoms with E-state index in [1.165, 1.54) is 0 Å². The summed E-state index contributed by atoms with van der Waals surface area (Å²) in [4.78, 5) is 45.8. The van der Waals surface area contributed by atoms with E-state index < -0.39 is 51.1 Å². The van der Waals surface area contributed by atoms with Crippen molar-refractivity contribution in [1.82, 2.24) is 0 Å². The molecule has 3 atom stereocenters. The maximum absolute atomic E-state index is 12.6. The number of unbranched alkanes of at least 4 members (excludes halogenated alkanes) is 7. The molecule has 0 radical (unpaired) electrons.